The van der Waals surface area contributed by atoms with Gasteiger partial charge in [0.1, 0.15) is 48.0 Å². The Morgan fingerprint density at radius 3 is 1.70 bits per heavy atom. The number of carbonyl (C=O) groups excluding carboxylic acids is 7. The molecule has 4 saturated heterocycles. The second-order valence-corrected chi connectivity index (χ2v) is 16.6. The summed E-state index contributed by atoms with van der Waals surface area (Å²) in [5.74, 6) is -5.84. The molecule has 2 aromatic rings. The highest BCUT2D eigenvalue weighted by Crippen LogP contribution is 2.28. The zero-order valence-electron chi connectivity index (χ0n) is 34.7. The highest BCUT2D eigenvalue weighted by atomic mass is 16.4. The molecule has 0 spiro atoms. The fraction of sp³-hybridized carbons (Fsp3) is 0.545. The first kappa shape index (κ1) is 44.5. The van der Waals surface area contributed by atoms with Gasteiger partial charge in [0, 0.05) is 38.9 Å². The molecule has 0 aliphatic carbocycles. The van der Waals surface area contributed by atoms with E-state index < -0.39 is 96.0 Å². The van der Waals surface area contributed by atoms with Crippen LogP contribution in [0.25, 0.3) is 0 Å². The molecule has 6 rings (SSSR count). The van der Waals surface area contributed by atoms with Crippen molar-refractivity contribution in [3.8, 4) is 5.75 Å². The van der Waals surface area contributed by atoms with E-state index in [1.165, 1.54) is 26.8 Å². The normalized spacial score (nSPS) is 27.5. The number of amides is 7. The minimum absolute atomic E-state index is 0.0206. The maximum Gasteiger partial charge on any atom is 0.303 e. The van der Waals surface area contributed by atoms with Crippen LogP contribution >= 0.6 is 0 Å². The Kier molecular flexibility index (Phi) is 14.6. The van der Waals surface area contributed by atoms with Gasteiger partial charge in [0.15, 0.2) is 0 Å². The van der Waals surface area contributed by atoms with Crippen molar-refractivity contribution < 1.29 is 48.6 Å². The van der Waals surface area contributed by atoms with E-state index in [0.29, 0.717) is 37.7 Å². The van der Waals surface area contributed by atoms with Crippen molar-refractivity contribution in [2.24, 2.45) is 5.92 Å². The number of benzene rings is 2. The van der Waals surface area contributed by atoms with E-state index >= 15 is 0 Å². The molecular formula is C44H57N7O10. The zero-order chi connectivity index (χ0) is 43.8. The van der Waals surface area contributed by atoms with Gasteiger partial charge in [-0.05, 0) is 74.1 Å². The molecule has 7 amide bonds. The fourth-order valence-electron chi connectivity index (χ4n) is 8.87. The highest BCUT2D eigenvalue weighted by Gasteiger charge is 2.46. The van der Waals surface area contributed by atoms with Crippen LogP contribution in [0.3, 0.4) is 0 Å². The maximum atomic E-state index is 14.6. The molecule has 0 saturated carbocycles. The van der Waals surface area contributed by atoms with Gasteiger partial charge in [-0.15, -0.1) is 0 Å². The van der Waals surface area contributed by atoms with Crippen molar-refractivity contribution in [2.75, 3.05) is 19.6 Å². The lowest BCUT2D eigenvalue weighted by atomic mass is 9.96. The van der Waals surface area contributed by atoms with Gasteiger partial charge in [-0.2, -0.15) is 0 Å². The van der Waals surface area contributed by atoms with Gasteiger partial charge >= 0.3 is 5.97 Å². The molecule has 0 bridgehead atoms. The Balaban J connectivity index is 1.40. The number of nitrogens with zero attached hydrogens (tertiary/aromatic N) is 3. The number of carboxylic acid groups (broad SMARTS) is 1. The minimum Gasteiger partial charge on any atom is -0.508 e. The Morgan fingerprint density at radius 2 is 1.11 bits per heavy atom. The summed E-state index contributed by atoms with van der Waals surface area (Å²) in [6.07, 6.45) is 1.95. The van der Waals surface area contributed by atoms with E-state index in [1.54, 1.807) is 24.3 Å². The van der Waals surface area contributed by atoms with Crippen molar-refractivity contribution >= 4 is 47.3 Å². The van der Waals surface area contributed by atoms with Crippen molar-refractivity contribution in [1.29, 1.82) is 0 Å². The van der Waals surface area contributed by atoms with Crippen LogP contribution in [0, 0.1) is 5.92 Å². The van der Waals surface area contributed by atoms with Gasteiger partial charge in [-0.1, -0.05) is 62.7 Å². The molecule has 17 heteroatoms. The molecular weight excluding hydrogens is 787 g/mol. The summed E-state index contributed by atoms with van der Waals surface area (Å²) in [5, 5.41) is 30.7. The molecule has 4 aliphatic heterocycles. The van der Waals surface area contributed by atoms with Crippen LogP contribution in [0.2, 0.25) is 0 Å². The van der Waals surface area contributed by atoms with Gasteiger partial charge in [-0.3, -0.25) is 38.4 Å². The van der Waals surface area contributed by atoms with Crippen LogP contribution in [-0.2, 0) is 51.2 Å². The third kappa shape index (κ3) is 10.7. The van der Waals surface area contributed by atoms with Gasteiger partial charge in [-0.25, -0.2) is 0 Å². The first-order chi connectivity index (χ1) is 29.2. The molecule has 17 nitrogen and oxygen atoms in total. The van der Waals surface area contributed by atoms with Crippen molar-refractivity contribution in [3.05, 3.63) is 65.7 Å². The number of carboxylic acids is 1. The standard InChI is InChI=1S/C44H57N7O10/c1-3-26(2)37-44(61)51-23-9-14-35(51)43(60)50-22-8-13-34(50)40(57)45-30(19-20-36(53)54)38(55)47-32(25-28-15-17-29(52)18-16-28)42(59)49-21-7-12-33(49)41(58)46-31(39(56)48-37)24-27-10-5-4-6-11-27/h4-6,10-11,15-18,26,30-35,37,52H,3,7-9,12-14,19-25H2,1-2H3,(H,45,57)(H,46,58)(H,47,55)(H,48,56)(H,53,54)/t26-,30-,31-,32-,33-,34-,35-,37-/m0/s1. The molecule has 0 aromatic heterocycles. The molecule has 8 atom stereocenters. The number of phenols is 1. The molecule has 4 heterocycles. The Hall–Kier alpha value is -6.00. The monoisotopic (exact) mass is 843 g/mol. The van der Waals surface area contributed by atoms with Gasteiger partial charge in [0.25, 0.3) is 0 Å². The molecule has 61 heavy (non-hydrogen) atoms. The van der Waals surface area contributed by atoms with Gasteiger partial charge < -0.3 is 46.2 Å². The average molecular weight is 844 g/mol. The number of aliphatic carboxylic acids is 1. The van der Waals surface area contributed by atoms with Crippen molar-refractivity contribution in [1.82, 2.24) is 36.0 Å². The predicted octanol–water partition coefficient (Wildman–Crippen LogP) is 1.01. The number of rotatable bonds is 9. The van der Waals surface area contributed by atoms with Crippen molar-refractivity contribution in [2.45, 2.75) is 127 Å². The van der Waals surface area contributed by atoms with Crippen LogP contribution < -0.4 is 21.3 Å². The van der Waals surface area contributed by atoms with Crippen LogP contribution in [0.15, 0.2) is 54.6 Å². The average Bonchev–Trinajstić information content (AvgIpc) is 4.05. The summed E-state index contributed by atoms with van der Waals surface area (Å²) in [6, 6.07) is 7.17. The Bertz CT molecular complexity index is 1960. The maximum absolute atomic E-state index is 14.6. The number of hydrogen-bond acceptors (Lipinski definition) is 9. The number of hydrogen-bond donors (Lipinski definition) is 6. The van der Waals surface area contributed by atoms with E-state index in [2.05, 4.69) is 21.3 Å². The quantitative estimate of drug-likeness (QED) is 0.210. The minimum atomic E-state index is -1.42. The van der Waals surface area contributed by atoms with E-state index in [1.807, 2.05) is 32.0 Å². The summed E-state index contributed by atoms with van der Waals surface area (Å²) in [7, 11) is 0. The summed E-state index contributed by atoms with van der Waals surface area (Å²) in [5.41, 5.74) is 1.29. The van der Waals surface area contributed by atoms with Crippen LogP contribution in [0.4, 0.5) is 0 Å². The molecule has 6 N–H and O–H groups in total. The smallest absolute Gasteiger partial charge is 0.303 e. The number of carbonyl (C=O) groups is 8. The second kappa shape index (κ2) is 20.0. The third-order valence-electron chi connectivity index (χ3n) is 12.5. The summed E-state index contributed by atoms with van der Waals surface area (Å²) >= 11 is 0. The predicted molar refractivity (Wildman–Crippen MR) is 220 cm³/mol. The van der Waals surface area contributed by atoms with Crippen LogP contribution in [0.1, 0.15) is 82.8 Å². The fourth-order valence-corrected chi connectivity index (χ4v) is 8.87. The SMILES string of the molecule is CC[C@H](C)[C@@H]1NC(=O)[C@H](Cc2ccccc2)NC(=O)[C@@H]2CCCN2C(=O)[C@H](Cc2ccc(O)cc2)NC(=O)[C@H](CCC(=O)O)NC(=O)[C@@H]2CCCN2C(=O)[C@@H]2CCCN2C1=O. The molecule has 4 aliphatic rings. The van der Waals surface area contributed by atoms with E-state index in [9.17, 15) is 48.6 Å². The summed E-state index contributed by atoms with van der Waals surface area (Å²) in [6.45, 7) is 4.34. The number of aromatic hydroxyl groups is 1. The molecule has 4 fully saturated rings. The lowest BCUT2D eigenvalue weighted by Crippen LogP contribution is -2.60. The molecule has 0 radical (unpaired) electrons. The van der Waals surface area contributed by atoms with E-state index in [0.717, 1.165) is 5.56 Å². The topological polar surface area (TPSA) is 235 Å². The number of fused-ring (bicyclic) bond motifs is 3. The van der Waals surface area contributed by atoms with E-state index in [4.69, 9.17) is 0 Å². The highest BCUT2D eigenvalue weighted by molar-refractivity contribution is 5.99. The first-order valence-electron chi connectivity index (χ1n) is 21.4. The summed E-state index contributed by atoms with van der Waals surface area (Å²) < 4.78 is 0. The third-order valence-corrected chi connectivity index (χ3v) is 12.5. The lowest BCUT2D eigenvalue weighted by Gasteiger charge is -2.35. The van der Waals surface area contributed by atoms with Crippen LogP contribution in [0.5, 0.6) is 5.75 Å². The van der Waals surface area contributed by atoms with Crippen molar-refractivity contribution in [3.63, 3.8) is 0 Å². The van der Waals surface area contributed by atoms with Gasteiger partial charge in [0.05, 0.1) is 0 Å². The lowest BCUT2D eigenvalue weighted by molar-refractivity contribution is -0.149. The number of nitrogens with one attached hydrogen (secondary N) is 4. The Labute approximate surface area is 355 Å². The van der Waals surface area contributed by atoms with Crippen LogP contribution in [-0.4, -0.2) is 134 Å². The Morgan fingerprint density at radius 1 is 0.623 bits per heavy atom. The zero-order valence-corrected chi connectivity index (χ0v) is 34.7. The molecule has 328 valence electrons. The first-order valence-corrected chi connectivity index (χ1v) is 21.4. The van der Waals surface area contributed by atoms with E-state index in [-0.39, 0.29) is 63.4 Å². The largest absolute Gasteiger partial charge is 0.508 e. The molecule has 2 aromatic carbocycles. The molecule has 0 unspecified atom stereocenters. The number of phenolic OH excluding ortho intramolecular Hbond substituents is 1. The second-order valence-electron chi connectivity index (χ2n) is 16.6. The van der Waals surface area contributed by atoms with Gasteiger partial charge in [0.2, 0.25) is 41.4 Å². The summed E-state index contributed by atoms with van der Waals surface area (Å²) in [4.78, 5) is 116.